The minimum absolute atomic E-state index is 0.107. The Morgan fingerprint density at radius 1 is 1.35 bits per heavy atom. The van der Waals surface area contributed by atoms with Crippen molar-refractivity contribution in [2.24, 2.45) is 5.41 Å². The first-order valence-electron chi connectivity index (χ1n) is 5.39. The molecule has 2 heterocycles. The first kappa shape index (κ1) is 11.9. The Labute approximate surface area is 98.4 Å². The maximum absolute atomic E-state index is 11.8. The molecule has 17 heavy (non-hydrogen) atoms. The molecule has 1 aromatic heterocycles. The van der Waals surface area contributed by atoms with Crippen molar-refractivity contribution in [3.05, 3.63) is 33.7 Å². The van der Waals surface area contributed by atoms with Crippen LogP contribution < -0.4 is 5.56 Å². The molecule has 1 aliphatic rings. The van der Waals surface area contributed by atoms with Gasteiger partial charge < -0.3 is 14.8 Å². The molecule has 0 spiro atoms. The van der Waals surface area contributed by atoms with Crippen molar-refractivity contribution in [1.82, 2.24) is 4.98 Å². The first-order valence-corrected chi connectivity index (χ1v) is 5.39. The number of esters is 1. The minimum Gasteiger partial charge on any atom is -0.460 e. The number of pyridine rings is 1. The van der Waals surface area contributed by atoms with Gasteiger partial charge in [-0.25, -0.2) is 0 Å². The highest BCUT2D eigenvalue weighted by molar-refractivity contribution is 5.78. The van der Waals surface area contributed by atoms with Crippen LogP contribution in [0.25, 0.3) is 0 Å². The molecule has 1 unspecified atom stereocenters. The lowest BCUT2D eigenvalue weighted by molar-refractivity contribution is -0.169. The van der Waals surface area contributed by atoms with E-state index in [9.17, 15) is 14.7 Å². The number of hydrogen-bond donors (Lipinski definition) is 2. The number of aromatic amines is 1. The normalized spacial score (nSPS) is 26.9. The molecule has 2 rings (SSSR count). The summed E-state index contributed by atoms with van der Waals surface area (Å²) >= 11 is 0. The quantitative estimate of drug-likeness (QED) is 0.650. The fourth-order valence-electron chi connectivity index (χ4n) is 1.96. The average molecular weight is 237 g/mol. The van der Waals surface area contributed by atoms with Crippen molar-refractivity contribution >= 4 is 5.97 Å². The van der Waals surface area contributed by atoms with E-state index < -0.39 is 17.0 Å². The number of carbonyl (C=O) groups is 1. The lowest BCUT2D eigenvalue weighted by Crippen LogP contribution is -2.45. The number of carbonyl (C=O) groups excluding carboxylic acids is 1. The van der Waals surface area contributed by atoms with E-state index in [0.717, 1.165) is 0 Å². The van der Waals surface area contributed by atoms with Gasteiger partial charge in [0.05, 0.1) is 11.0 Å². The van der Waals surface area contributed by atoms with Crippen molar-refractivity contribution in [2.75, 3.05) is 0 Å². The Morgan fingerprint density at radius 3 is 2.65 bits per heavy atom. The Hall–Kier alpha value is -1.62. The highest BCUT2D eigenvalue weighted by Gasteiger charge is 2.50. The number of H-pyrrole nitrogens is 1. The van der Waals surface area contributed by atoms with E-state index in [0.29, 0.717) is 11.1 Å². The fourth-order valence-corrected chi connectivity index (χ4v) is 1.96. The van der Waals surface area contributed by atoms with E-state index in [1.54, 1.807) is 19.9 Å². The molecule has 0 saturated carbocycles. The minimum atomic E-state index is -1.44. The predicted molar refractivity (Wildman–Crippen MR) is 60.2 cm³/mol. The summed E-state index contributed by atoms with van der Waals surface area (Å²) in [6, 6.07) is 1.61. The van der Waals surface area contributed by atoms with Gasteiger partial charge in [0.25, 0.3) is 5.56 Å². The molecule has 0 amide bonds. The van der Waals surface area contributed by atoms with Gasteiger partial charge in [-0.3, -0.25) is 9.59 Å². The molecular weight excluding hydrogens is 222 g/mol. The van der Waals surface area contributed by atoms with Gasteiger partial charge in [-0.05, 0) is 32.4 Å². The zero-order valence-corrected chi connectivity index (χ0v) is 10.0. The van der Waals surface area contributed by atoms with E-state index in [1.165, 1.54) is 13.1 Å². The first-order chi connectivity index (χ1) is 7.78. The van der Waals surface area contributed by atoms with E-state index in [1.807, 2.05) is 0 Å². The monoisotopic (exact) mass is 237 g/mol. The molecule has 0 fully saturated rings. The van der Waals surface area contributed by atoms with Crippen molar-refractivity contribution in [1.29, 1.82) is 0 Å². The highest BCUT2D eigenvalue weighted by atomic mass is 16.5. The molecule has 1 aromatic rings. The van der Waals surface area contributed by atoms with Gasteiger partial charge in [-0.2, -0.15) is 0 Å². The molecule has 1 aliphatic heterocycles. The number of aromatic nitrogens is 1. The zero-order valence-electron chi connectivity index (χ0n) is 10.0. The van der Waals surface area contributed by atoms with E-state index in [2.05, 4.69) is 4.98 Å². The number of rotatable bonds is 0. The summed E-state index contributed by atoms with van der Waals surface area (Å²) in [6.07, 6.45) is 1.46. The maximum atomic E-state index is 11.8. The number of cyclic esters (lactones) is 1. The molecular formula is C12H15NO4. The summed E-state index contributed by atoms with van der Waals surface area (Å²) in [7, 11) is 0. The van der Waals surface area contributed by atoms with Crippen molar-refractivity contribution in [3.8, 4) is 0 Å². The summed E-state index contributed by atoms with van der Waals surface area (Å²) in [4.78, 5) is 26.0. The van der Waals surface area contributed by atoms with Crippen LogP contribution in [-0.2, 0) is 21.7 Å². The lowest BCUT2D eigenvalue weighted by Gasteiger charge is -2.36. The molecule has 0 aromatic carbocycles. The van der Waals surface area contributed by atoms with Crippen molar-refractivity contribution in [2.45, 2.75) is 33.0 Å². The topological polar surface area (TPSA) is 79.4 Å². The second-order valence-corrected chi connectivity index (χ2v) is 4.97. The Morgan fingerprint density at radius 2 is 2.00 bits per heavy atom. The Bertz CT molecular complexity index is 528. The summed E-state index contributed by atoms with van der Waals surface area (Å²) < 4.78 is 5.04. The molecule has 5 heteroatoms. The van der Waals surface area contributed by atoms with Gasteiger partial charge in [0.15, 0.2) is 0 Å². The van der Waals surface area contributed by atoms with Crippen LogP contribution in [0.4, 0.5) is 0 Å². The van der Waals surface area contributed by atoms with Gasteiger partial charge in [0.2, 0.25) is 0 Å². The van der Waals surface area contributed by atoms with Crippen LogP contribution in [0.15, 0.2) is 17.1 Å². The Balaban J connectivity index is 2.75. The second kappa shape index (κ2) is 3.43. The molecule has 0 bridgehead atoms. The van der Waals surface area contributed by atoms with Gasteiger partial charge in [0, 0.05) is 6.20 Å². The third-order valence-corrected chi connectivity index (χ3v) is 3.66. The van der Waals surface area contributed by atoms with Crippen LogP contribution in [0.5, 0.6) is 0 Å². The highest BCUT2D eigenvalue weighted by Crippen LogP contribution is 2.43. The maximum Gasteiger partial charge on any atom is 0.315 e. The summed E-state index contributed by atoms with van der Waals surface area (Å²) in [5.41, 5.74) is -2.14. The van der Waals surface area contributed by atoms with Crippen LogP contribution in [0, 0.1) is 5.41 Å². The van der Waals surface area contributed by atoms with Crippen LogP contribution in [0.2, 0.25) is 0 Å². The zero-order chi connectivity index (χ0) is 12.8. The van der Waals surface area contributed by atoms with E-state index >= 15 is 0 Å². The SMILES string of the molecule is CC1(C)C(=O)OCc2c(cc[nH]c2=O)C1(C)O. The smallest absolute Gasteiger partial charge is 0.315 e. The molecule has 0 aliphatic carbocycles. The number of aliphatic hydroxyl groups is 1. The van der Waals surface area contributed by atoms with Gasteiger partial charge >= 0.3 is 5.97 Å². The van der Waals surface area contributed by atoms with Crippen molar-refractivity contribution < 1.29 is 14.6 Å². The van der Waals surface area contributed by atoms with E-state index in [4.69, 9.17) is 4.74 Å². The molecule has 5 nitrogen and oxygen atoms in total. The van der Waals surface area contributed by atoms with Crippen LogP contribution in [0.1, 0.15) is 31.9 Å². The number of fused-ring (bicyclic) bond motifs is 1. The van der Waals surface area contributed by atoms with Gasteiger partial charge in [0.1, 0.15) is 12.2 Å². The van der Waals surface area contributed by atoms with E-state index in [-0.39, 0.29) is 12.2 Å². The Kier molecular flexibility index (Phi) is 2.39. The number of nitrogens with one attached hydrogen (secondary N) is 1. The third kappa shape index (κ3) is 1.50. The number of hydrogen-bond acceptors (Lipinski definition) is 4. The average Bonchev–Trinajstić information content (AvgIpc) is 2.31. The predicted octanol–water partition coefficient (Wildman–Crippen LogP) is 0.665. The summed E-state index contributed by atoms with van der Waals surface area (Å²) in [5, 5.41) is 10.6. The molecule has 92 valence electrons. The summed E-state index contributed by atoms with van der Waals surface area (Å²) in [6.45, 7) is 4.62. The molecule has 2 N–H and O–H groups in total. The van der Waals surface area contributed by atoms with Crippen LogP contribution >= 0.6 is 0 Å². The molecule has 0 radical (unpaired) electrons. The second-order valence-electron chi connectivity index (χ2n) is 4.97. The molecule has 1 atom stereocenters. The summed E-state index contributed by atoms with van der Waals surface area (Å²) in [5.74, 6) is -0.516. The van der Waals surface area contributed by atoms with Crippen molar-refractivity contribution in [3.63, 3.8) is 0 Å². The standard InChI is InChI=1S/C12H15NO4/c1-11(2)10(15)17-6-7-8(12(11,3)16)4-5-13-9(7)14/h4-5,16H,6H2,1-3H3,(H,13,14). The fraction of sp³-hybridized carbons (Fsp3) is 0.500. The molecule has 0 saturated heterocycles. The lowest BCUT2D eigenvalue weighted by atomic mass is 9.72. The largest absolute Gasteiger partial charge is 0.460 e. The number of ether oxygens (including phenoxy) is 1. The van der Waals surface area contributed by atoms with Crippen LogP contribution in [0.3, 0.4) is 0 Å². The van der Waals surface area contributed by atoms with Gasteiger partial charge in [-0.15, -0.1) is 0 Å². The third-order valence-electron chi connectivity index (χ3n) is 3.66. The van der Waals surface area contributed by atoms with Crippen LogP contribution in [-0.4, -0.2) is 16.1 Å². The van der Waals surface area contributed by atoms with Gasteiger partial charge in [-0.1, -0.05) is 0 Å².